The van der Waals surface area contributed by atoms with E-state index in [0.717, 1.165) is 33.2 Å². The van der Waals surface area contributed by atoms with Crippen LogP contribution in [0.3, 0.4) is 0 Å². The maximum atomic E-state index is 12.9. The molecule has 1 heterocycles. The number of amides is 1. The van der Waals surface area contributed by atoms with E-state index in [1.807, 2.05) is 61.7 Å². The van der Waals surface area contributed by atoms with Crippen molar-refractivity contribution in [3.05, 3.63) is 130 Å². The molecule has 0 aliphatic rings. The number of fused-ring (bicyclic) bond motifs is 1. The minimum absolute atomic E-state index is 0.00701. The minimum Gasteiger partial charge on any atom is -0.346 e. The third-order valence-electron chi connectivity index (χ3n) is 6.89. The Morgan fingerprint density at radius 3 is 2.33 bits per heavy atom. The van der Waals surface area contributed by atoms with Crippen LogP contribution in [-0.2, 0) is 16.4 Å². The Labute approximate surface area is 232 Å². The number of aromatic nitrogens is 1. The van der Waals surface area contributed by atoms with Gasteiger partial charge in [-0.25, -0.2) is 8.42 Å². The van der Waals surface area contributed by atoms with E-state index in [2.05, 4.69) is 9.88 Å². The number of carbonyl (C=O) groups is 1. The number of nitrogens with zero attached hydrogens (tertiary/aromatic N) is 2. The first-order valence-corrected chi connectivity index (χ1v) is 14.5. The molecule has 1 atom stereocenters. The summed E-state index contributed by atoms with van der Waals surface area (Å²) < 4.78 is 25.9. The number of sulfone groups is 1. The van der Waals surface area contributed by atoms with Gasteiger partial charge in [0.2, 0.25) is 0 Å². The van der Waals surface area contributed by atoms with Crippen LogP contribution in [0.1, 0.15) is 34.5 Å². The summed E-state index contributed by atoms with van der Waals surface area (Å²) in [6.07, 6.45) is 3.18. The van der Waals surface area contributed by atoms with Crippen LogP contribution in [0.2, 0.25) is 0 Å². The van der Waals surface area contributed by atoms with Gasteiger partial charge in [0.15, 0.2) is 9.84 Å². The lowest BCUT2D eigenvalue weighted by Crippen LogP contribution is -2.26. The smallest absolute Gasteiger partial charge is 0.269 e. The molecule has 1 N–H and O–H groups in total. The number of nitro benzene ring substituents is 1. The largest absolute Gasteiger partial charge is 0.346 e. The van der Waals surface area contributed by atoms with E-state index in [4.69, 9.17) is 0 Å². The van der Waals surface area contributed by atoms with Crippen molar-refractivity contribution in [2.24, 2.45) is 0 Å². The molecule has 0 radical (unpaired) electrons. The molecule has 0 spiro atoms. The van der Waals surface area contributed by atoms with E-state index >= 15 is 0 Å². The Morgan fingerprint density at radius 1 is 0.925 bits per heavy atom. The van der Waals surface area contributed by atoms with Gasteiger partial charge in [-0.15, -0.1) is 0 Å². The number of benzene rings is 4. The van der Waals surface area contributed by atoms with E-state index in [1.54, 1.807) is 36.4 Å². The first kappa shape index (κ1) is 26.8. The van der Waals surface area contributed by atoms with E-state index in [0.29, 0.717) is 17.0 Å². The van der Waals surface area contributed by atoms with Crippen LogP contribution in [-0.4, -0.2) is 30.1 Å². The molecule has 1 amide bonds. The molecule has 0 aliphatic heterocycles. The van der Waals surface area contributed by atoms with Crippen molar-refractivity contribution in [3.63, 3.8) is 0 Å². The molecular formula is C31H27N3O5S. The lowest BCUT2D eigenvalue weighted by molar-refractivity contribution is -0.384. The predicted octanol–water partition coefficient (Wildman–Crippen LogP) is 6.16. The van der Waals surface area contributed by atoms with Gasteiger partial charge in [0.25, 0.3) is 11.6 Å². The summed E-state index contributed by atoms with van der Waals surface area (Å²) in [5, 5.41) is 14.8. The van der Waals surface area contributed by atoms with Crippen molar-refractivity contribution in [3.8, 4) is 11.1 Å². The SMILES string of the molecule is C[C@H](NC(=O)c1ccc2c(ccn2Cc2ccc(-c3cccc(S(C)(=O)=O)c3)cc2)c1)c1ccc([N+](=O)[O-])cc1. The Balaban J connectivity index is 1.28. The molecule has 5 rings (SSSR count). The maximum Gasteiger partial charge on any atom is 0.269 e. The molecule has 0 unspecified atom stereocenters. The molecule has 1 aromatic heterocycles. The fraction of sp³-hybridized carbons (Fsp3) is 0.129. The molecule has 0 bridgehead atoms. The number of hydrogen-bond donors (Lipinski definition) is 1. The Bertz CT molecular complexity index is 1830. The highest BCUT2D eigenvalue weighted by atomic mass is 32.2. The molecule has 0 fully saturated rings. The number of rotatable bonds is 8. The Kier molecular flexibility index (Phi) is 7.23. The zero-order chi connectivity index (χ0) is 28.4. The van der Waals surface area contributed by atoms with E-state index in [-0.39, 0.29) is 17.6 Å². The molecule has 9 heteroatoms. The predicted molar refractivity (Wildman–Crippen MR) is 155 cm³/mol. The van der Waals surface area contributed by atoms with Crippen LogP contribution in [0.15, 0.2) is 108 Å². The van der Waals surface area contributed by atoms with Crippen molar-refractivity contribution in [2.75, 3.05) is 6.26 Å². The quantitative estimate of drug-likeness (QED) is 0.183. The van der Waals surface area contributed by atoms with E-state index in [9.17, 15) is 23.3 Å². The van der Waals surface area contributed by atoms with Gasteiger partial charge in [-0.1, -0.05) is 48.5 Å². The molecule has 0 aliphatic carbocycles. The Hall–Kier alpha value is -4.76. The third kappa shape index (κ3) is 5.79. The summed E-state index contributed by atoms with van der Waals surface area (Å²) >= 11 is 0. The number of nitro groups is 1. The summed E-state index contributed by atoms with van der Waals surface area (Å²) in [7, 11) is -3.28. The van der Waals surface area contributed by atoms with Gasteiger partial charge >= 0.3 is 0 Å². The zero-order valence-corrected chi connectivity index (χ0v) is 22.8. The molecule has 40 heavy (non-hydrogen) atoms. The first-order valence-electron chi connectivity index (χ1n) is 12.6. The topological polar surface area (TPSA) is 111 Å². The maximum absolute atomic E-state index is 12.9. The average molecular weight is 554 g/mol. The van der Waals surface area contributed by atoms with Gasteiger partial charge in [-0.05, 0) is 65.6 Å². The fourth-order valence-corrected chi connectivity index (χ4v) is 5.30. The van der Waals surface area contributed by atoms with Crippen molar-refractivity contribution in [2.45, 2.75) is 24.4 Å². The van der Waals surface area contributed by atoms with Gasteiger partial charge in [-0.3, -0.25) is 14.9 Å². The second-order valence-corrected chi connectivity index (χ2v) is 11.8. The molecule has 202 valence electrons. The number of non-ortho nitro benzene ring substituents is 1. The zero-order valence-electron chi connectivity index (χ0n) is 21.9. The number of nitrogens with one attached hydrogen (secondary N) is 1. The Morgan fingerprint density at radius 2 is 1.65 bits per heavy atom. The van der Waals surface area contributed by atoms with Crippen LogP contribution in [0.25, 0.3) is 22.0 Å². The van der Waals surface area contributed by atoms with E-state index < -0.39 is 14.8 Å². The van der Waals surface area contributed by atoms with Crippen molar-refractivity contribution < 1.29 is 18.1 Å². The van der Waals surface area contributed by atoms with Crippen molar-refractivity contribution in [1.29, 1.82) is 0 Å². The second-order valence-electron chi connectivity index (χ2n) is 9.76. The third-order valence-corrected chi connectivity index (χ3v) is 8.00. The van der Waals surface area contributed by atoms with Crippen molar-refractivity contribution >= 4 is 32.3 Å². The van der Waals surface area contributed by atoms with E-state index in [1.165, 1.54) is 18.4 Å². The van der Waals surface area contributed by atoms with Gasteiger partial charge in [0.1, 0.15) is 0 Å². The van der Waals surface area contributed by atoms with Crippen LogP contribution >= 0.6 is 0 Å². The molecule has 0 saturated heterocycles. The monoisotopic (exact) mass is 553 g/mol. The molecule has 4 aromatic carbocycles. The summed E-state index contributed by atoms with van der Waals surface area (Å²) in [6, 6.07) is 28.3. The van der Waals surface area contributed by atoms with Crippen LogP contribution < -0.4 is 5.32 Å². The molecule has 5 aromatic rings. The summed E-state index contributed by atoms with van der Waals surface area (Å²) in [5.74, 6) is -0.226. The first-order chi connectivity index (χ1) is 19.1. The highest BCUT2D eigenvalue weighted by Gasteiger charge is 2.15. The molecule has 0 saturated carbocycles. The fourth-order valence-electron chi connectivity index (χ4n) is 4.63. The summed E-state index contributed by atoms with van der Waals surface area (Å²) in [6.45, 7) is 2.47. The molecule has 8 nitrogen and oxygen atoms in total. The second kappa shape index (κ2) is 10.8. The van der Waals surface area contributed by atoms with Crippen LogP contribution in [0.4, 0.5) is 5.69 Å². The summed E-state index contributed by atoms with van der Waals surface area (Å²) in [5.41, 5.74) is 5.16. The average Bonchev–Trinajstić information content (AvgIpc) is 3.35. The highest BCUT2D eigenvalue weighted by Crippen LogP contribution is 2.25. The van der Waals surface area contributed by atoms with Crippen LogP contribution in [0, 0.1) is 10.1 Å². The number of carbonyl (C=O) groups excluding carboxylic acids is 1. The van der Waals surface area contributed by atoms with Gasteiger partial charge < -0.3 is 9.88 Å². The van der Waals surface area contributed by atoms with Gasteiger partial charge in [0.05, 0.1) is 15.9 Å². The standard InChI is InChI=1S/C31H27N3O5S/c1-21(23-10-13-28(14-11-23)34(36)37)32-31(35)27-12-15-30-26(18-27)16-17-33(30)20-22-6-8-24(9-7-22)25-4-3-5-29(19-25)40(2,38)39/h3-19,21H,20H2,1-2H3,(H,32,35)/t21-/m0/s1. The van der Waals surface area contributed by atoms with Crippen molar-refractivity contribution in [1.82, 2.24) is 9.88 Å². The van der Waals surface area contributed by atoms with Gasteiger partial charge in [0, 0.05) is 47.6 Å². The lowest BCUT2D eigenvalue weighted by atomic mass is 10.0. The minimum atomic E-state index is -3.28. The highest BCUT2D eigenvalue weighted by molar-refractivity contribution is 7.90. The number of hydrogen-bond acceptors (Lipinski definition) is 5. The van der Waals surface area contributed by atoms with Gasteiger partial charge in [-0.2, -0.15) is 0 Å². The lowest BCUT2D eigenvalue weighted by Gasteiger charge is -2.14. The normalized spacial score (nSPS) is 12.2. The summed E-state index contributed by atoms with van der Waals surface area (Å²) in [4.78, 5) is 23.6. The van der Waals surface area contributed by atoms with Crippen LogP contribution in [0.5, 0.6) is 0 Å². The molecular weight excluding hydrogens is 526 g/mol.